The van der Waals surface area contributed by atoms with Gasteiger partial charge >= 0.3 is 12.1 Å². The van der Waals surface area contributed by atoms with Crippen LogP contribution in [0.4, 0.5) is 23.2 Å². The standard InChI is InChI=1S/C34H33F4N3O4S2/c1-33(2,32(42)43)47-25-8-10-29(26(35)18-25)45-20-30-27(39-31(46-30)21-3-5-23(6-4-21)34(36,37)38)19-40-12-14-41(15-13-40)24-7-9-28-22(17-24)11-16-44-28/h3-10,17-18H,11-16,19-20H2,1-2H3,(H,42,43). The molecular formula is C34H33F4N3O4S2. The van der Waals surface area contributed by atoms with Gasteiger partial charge in [0.25, 0.3) is 0 Å². The van der Waals surface area contributed by atoms with Crippen LogP contribution in [0.3, 0.4) is 0 Å². The highest BCUT2D eigenvalue weighted by atomic mass is 32.2. The van der Waals surface area contributed by atoms with Gasteiger partial charge in [-0.2, -0.15) is 13.2 Å². The van der Waals surface area contributed by atoms with Crippen molar-refractivity contribution in [1.82, 2.24) is 9.88 Å². The minimum absolute atomic E-state index is 0.00581. The molecule has 2 aliphatic rings. The normalized spacial score (nSPS) is 15.4. The molecular weight excluding hydrogens is 655 g/mol. The summed E-state index contributed by atoms with van der Waals surface area (Å²) in [5, 5.41) is 9.96. The Morgan fingerprint density at radius 3 is 2.47 bits per heavy atom. The van der Waals surface area contributed by atoms with Crippen LogP contribution >= 0.6 is 23.1 Å². The van der Waals surface area contributed by atoms with Gasteiger partial charge in [-0.15, -0.1) is 23.1 Å². The number of hydrogen-bond donors (Lipinski definition) is 1. The monoisotopic (exact) mass is 687 g/mol. The largest absolute Gasteiger partial charge is 0.493 e. The molecule has 13 heteroatoms. The van der Waals surface area contributed by atoms with E-state index in [0.29, 0.717) is 28.6 Å². The van der Waals surface area contributed by atoms with Crippen LogP contribution in [-0.4, -0.2) is 58.5 Å². The second-order valence-electron chi connectivity index (χ2n) is 11.9. The first-order valence-electron chi connectivity index (χ1n) is 15.1. The molecule has 0 aliphatic carbocycles. The Labute approximate surface area is 278 Å². The zero-order valence-electron chi connectivity index (χ0n) is 25.8. The maximum absolute atomic E-state index is 15.0. The van der Waals surface area contributed by atoms with Gasteiger partial charge in [-0.25, -0.2) is 9.37 Å². The molecule has 3 heterocycles. The van der Waals surface area contributed by atoms with E-state index in [-0.39, 0.29) is 12.4 Å². The van der Waals surface area contributed by atoms with Gasteiger partial charge in [-0.05, 0) is 67.9 Å². The number of anilines is 1. The summed E-state index contributed by atoms with van der Waals surface area (Å²) in [6.45, 7) is 7.50. The first-order valence-corrected chi connectivity index (χ1v) is 16.7. The number of aliphatic carboxylic acids is 1. The Hall–Kier alpha value is -3.81. The third-order valence-electron chi connectivity index (χ3n) is 8.17. The van der Waals surface area contributed by atoms with Crippen molar-refractivity contribution in [2.24, 2.45) is 0 Å². The Balaban J connectivity index is 1.18. The highest BCUT2D eigenvalue weighted by Crippen LogP contribution is 2.37. The molecule has 1 saturated heterocycles. The van der Waals surface area contributed by atoms with Crippen LogP contribution in [0.1, 0.15) is 35.5 Å². The SMILES string of the molecule is CC(C)(Sc1ccc(OCc2sc(-c3ccc(C(F)(F)F)cc3)nc2CN2CCN(c3ccc4c(c3)CCO4)CC2)c(F)c1)C(=O)O. The summed E-state index contributed by atoms with van der Waals surface area (Å²) in [5.74, 6) is -0.679. The van der Waals surface area contributed by atoms with Gasteiger partial charge in [0.15, 0.2) is 11.6 Å². The fourth-order valence-electron chi connectivity index (χ4n) is 5.43. The number of halogens is 4. The number of carbonyl (C=O) groups is 1. The Morgan fingerprint density at radius 2 is 1.79 bits per heavy atom. The maximum atomic E-state index is 15.0. The van der Waals surface area contributed by atoms with Crippen molar-refractivity contribution >= 4 is 34.8 Å². The lowest BCUT2D eigenvalue weighted by molar-refractivity contribution is -0.139. The molecule has 0 unspecified atom stereocenters. The van der Waals surface area contributed by atoms with E-state index in [1.165, 1.54) is 46.9 Å². The van der Waals surface area contributed by atoms with E-state index in [9.17, 15) is 23.1 Å². The number of thioether (sulfide) groups is 1. The molecule has 1 N–H and O–H groups in total. The quantitative estimate of drug-likeness (QED) is 0.134. The molecule has 0 radical (unpaired) electrons. The molecule has 1 fully saturated rings. The van der Waals surface area contributed by atoms with E-state index < -0.39 is 28.3 Å². The van der Waals surface area contributed by atoms with Crippen LogP contribution in [-0.2, 0) is 30.5 Å². The number of alkyl halides is 3. The van der Waals surface area contributed by atoms with Gasteiger partial charge in [0.1, 0.15) is 22.1 Å². The van der Waals surface area contributed by atoms with E-state index in [1.54, 1.807) is 19.9 Å². The first-order chi connectivity index (χ1) is 22.4. The number of carboxylic acid groups (broad SMARTS) is 1. The van der Waals surface area contributed by atoms with Gasteiger partial charge in [0.05, 0.1) is 22.7 Å². The fourth-order valence-corrected chi connectivity index (χ4v) is 7.40. The smallest absolute Gasteiger partial charge is 0.416 e. The first kappa shape index (κ1) is 33.1. The number of aromatic nitrogens is 1. The maximum Gasteiger partial charge on any atom is 0.416 e. The third-order valence-corrected chi connectivity index (χ3v) is 10.5. The molecule has 6 rings (SSSR count). The summed E-state index contributed by atoms with van der Waals surface area (Å²) in [5.41, 5.74) is 2.93. The number of hydrogen-bond acceptors (Lipinski definition) is 8. The Kier molecular flexibility index (Phi) is 9.41. The second kappa shape index (κ2) is 13.4. The van der Waals surface area contributed by atoms with Crippen LogP contribution in [0.15, 0.2) is 65.6 Å². The molecule has 4 aromatic rings. The lowest BCUT2D eigenvalue weighted by Gasteiger charge is -2.36. The van der Waals surface area contributed by atoms with E-state index in [2.05, 4.69) is 21.9 Å². The molecule has 2 aliphatic heterocycles. The van der Waals surface area contributed by atoms with E-state index >= 15 is 4.39 Å². The van der Waals surface area contributed by atoms with Gasteiger partial charge in [0, 0.05) is 55.3 Å². The predicted octanol–water partition coefficient (Wildman–Crippen LogP) is 7.76. The number of thiazole rings is 1. The number of nitrogens with zero attached hydrogens (tertiary/aromatic N) is 3. The van der Waals surface area contributed by atoms with E-state index in [0.717, 1.165) is 72.8 Å². The van der Waals surface area contributed by atoms with Crippen molar-refractivity contribution in [2.75, 3.05) is 37.7 Å². The van der Waals surface area contributed by atoms with Gasteiger partial charge < -0.3 is 19.5 Å². The average molecular weight is 688 g/mol. The molecule has 1 aromatic heterocycles. The molecule has 7 nitrogen and oxygen atoms in total. The fraction of sp³-hybridized carbons (Fsp3) is 0.353. The lowest BCUT2D eigenvalue weighted by atomic mass is 10.1. The Morgan fingerprint density at radius 1 is 1.04 bits per heavy atom. The number of rotatable bonds is 10. The molecule has 0 spiro atoms. The minimum atomic E-state index is -4.44. The third kappa shape index (κ3) is 7.68. The van der Waals surface area contributed by atoms with Crippen LogP contribution in [0, 0.1) is 5.82 Å². The second-order valence-corrected chi connectivity index (χ2v) is 14.7. The zero-order chi connectivity index (χ0) is 33.3. The van der Waals surface area contributed by atoms with Crippen LogP contribution in [0.2, 0.25) is 0 Å². The summed E-state index contributed by atoms with van der Waals surface area (Å²) in [7, 11) is 0. The number of ether oxygens (including phenoxy) is 2. The van der Waals surface area contributed by atoms with E-state index in [1.807, 2.05) is 6.07 Å². The highest BCUT2D eigenvalue weighted by Gasteiger charge is 2.31. The lowest BCUT2D eigenvalue weighted by Crippen LogP contribution is -2.46. The van der Waals surface area contributed by atoms with Crippen molar-refractivity contribution < 1.29 is 36.9 Å². The average Bonchev–Trinajstić information content (AvgIpc) is 3.67. The highest BCUT2D eigenvalue weighted by molar-refractivity contribution is 8.01. The topological polar surface area (TPSA) is 75.1 Å². The van der Waals surface area contributed by atoms with Gasteiger partial charge in [-0.1, -0.05) is 12.1 Å². The van der Waals surface area contributed by atoms with Crippen LogP contribution in [0.5, 0.6) is 11.5 Å². The summed E-state index contributed by atoms with van der Waals surface area (Å²) in [6.07, 6.45) is -3.53. The molecule has 0 saturated carbocycles. The molecule has 0 amide bonds. The van der Waals surface area contributed by atoms with E-state index in [4.69, 9.17) is 14.5 Å². The van der Waals surface area contributed by atoms with Crippen molar-refractivity contribution in [3.63, 3.8) is 0 Å². The number of piperazine rings is 1. The van der Waals surface area contributed by atoms with Crippen LogP contribution in [0.25, 0.3) is 10.6 Å². The predicted molar refractivity (Wildman–Crippen MR) is 174 cm³/mol. The summed E-state index contributed by atoms with van der Waals surface area (Å²) < 4.78 is 65.0. The molecule has 0 bridgehead atoms. The van der Waals surface area contributed by atoms with Crippen molar-refractivity contribution in [1.29, 1.82) is 0 Å². The molecule has 248 valence electrons. The summed E-state index contributed by atoms with van der Waals surface area (Å²) >= 11 is 2.34. The van der Waals surface area contributed by atoms with Crippen molar-refractivity contribution in [2.45, 2.75) is 49.2 Å². The molecule has 0 atom stereocenters. The number of carboxylic acids is 1. The molecule has 47 heavy (non-hydrogen) atoms. The zero-order valence-corrected chi connectivity index (χ0v) is 27.4. The van der Waals surface area contributed by atoms with Crippen LogP contribution < -0.4 is 14.4 Å². The number of fused-ring (bicyclic) bond motifs is 1. The Bertz CT molecular complexity index is 1750. The van der Waals surface area contributed by atoms with Crippen molar-refractivity contribution in [3.8, 4) is 22.1 Å². The minimum Gasteiger partial charge on any atom is -0.493 e. The summed E-state index contributed by atoms with van der Waals surface area (Å²) in [4.78, 5) is 22.1. The van der Waals surface area contributed by atoms with Gasteiger partial charge in [-0.3, -0.25) is 9.69 Å². The van der Waals surface area contributed by atoms with Gasteiger partial charge in [0.2, 0.25) is 0 Å². The molecule has 3 aromatic carbocycles. The summed E-state index contributed by atoms with van der Waals surface area (Å²) in [6, 6.07) is 15.5. The van der Waals surface area contributed by atoms with Crippen molar-refractivity contribution in [3.05, 3.63) is 88.2 Å². The number of benzene rings is 3.